The second-order valence-corrected chi connectivity index (χ2v) is 5.31. The molecule has 1 aromatic carbocycles. The predicted molar refractivity (Wildman–Crippen MR) is 71.9 cm³/mol. The van der Waals surface area contributed by atoms with E-state index >= 15 is 0 Å². The van der Waals surface area contributed by atoms with Gasteiger partial charge in [0.05, 0.1) is 4.88 Å². The number of thiophene rings is 1. The SMILES string of the molecule is Cc1c(N)cccc1OCc1sccc1Br. The molecule has 2 nitrogen and oxygen atoms in total. The van der Waals surface area contributed by atoms with Crippen LogP contribution in [0.2, 0.25) is 0 Å². The van der Waals surface area contributed by atoms with Gasteiger partial charge in [0.25, 0.3) is 0 Å². The van der Waals surface area contributed by atoms with Crippen molar-refractivity contribution in [3.63, 3.8) is 0 Å². The first-order valence-electron chi connectivity index (χ1n) is 4.88. The molecule has 2 aromatic rings. The van der Waals surface area contributed by atoms with Crippen LogP contribution in [0.1, 0.15) is 10.4 Å². The lowest BCUT2D eigenvalue weighted by molar-refractivity contribution is 0.307. The molecule has 0 amide bonds. The lowest BCUT2D eigenvalue weighted by atomic mass is 10.2. The minimum absolute atomic E-state index is 0.572. The van der Waals surface area contributed by atoms with Crippen LogP contribution in [0.3, 0.4) is 0 Å². The highest BCUT2D eigenvalue weighted by atomic mass is 79.9. The van der Waals surface area contributed by atoms with Crippen LogP contribution in [0, 0.1) is 6.92 Å². The molecular weight excluding hydrogens is 286 g/mol. The van der Waals surface area contributed by atoms with Crippen molar-refractivity contribution in [2.75, 3.05) is 5.73 Å². The van der Waals surface area contributed by atoms with E-state index < -0.39 is 0 Å². The molecule has 0 bridgehead atoms. The molecule has 4 heteroatoms. The molecule has 0 saturated heterocycles. The summed E-state index contributed by atoms with van der Waals surface area (Å²) in [6.45, 7) is 2.54. The second kappa shape index (κ2) is 4.89. The highest BCUT2D eigenvalue weighted by Gasteiger charge is 2.05. The molecule has 0 saturated carbocycles. The largest absolute Gasteiger partial charge is 0.488 e. The highest BCUT2D eigenvalue weighted by Crippen LogP contribution is 2.27. The normalized spacial score (nSPS) is 10.4. The van der Waals surface area contributed by atoms with Crippen LogP contribution in [0.15, 0.2) is 34.1 Å². The zero-order valence-corrected chi connectivity index (χ0v) is 11.3. The predicted octanol–water partition coefficient (Wildman–Crippen LogP) is 3.98. The molecule has 0 radical (unpaired) electrons. The van der Waals surface area contributed by atoms with Crippen LogP contribution in [-0.4, -0.2) is 0 Å². The Bertz CT molecular complexity index is 496. The minimum atomic E-state index is 0.572. The Morgan fingerprint density at radius 3 is 2.88 bits per heavy atom. The summed E-state index contributed by atoms with van der Waals surface area (Å²) < 4.78 is 6.84. The minimum Gasteiger partial charge on any atom is -0.488 e. The van der Waals surface area contributed by atoms with Crippen molar-refractivity contribution in [1.82, 2.24) is 0 Å². The van der Waals surface area contributed by atoms with Gasteiger partial charge in [0.15, 0.2) is 0 Å². The summed E-state index contributed by atoms with van der Waals surface area (Å²) in [5.74, 6) is 0.848. The average molecular weight is 298 g/mol. The molecule has 1 aromatic heterocycles. The highest BCUT2D eigenvalue weighted by molar-refractivity contribution is 9.10. The number of nitrogens with two attached hydrogens (primary N) is 1. The third kappa shape index (κ3) is 2.39. The van der Waals surface area contributed by atoms with E-state index in [0.29, 0.717) is 6.61 Å². The maximum Gasteiger partial charge on any atom is 0.124 e. The average Bonchev–Trinajstić information content (AvgIpc) is 2.67. The number of nitrogen functional groups attached to an aromatic ring is 1. The third-order valence-electron chi connectivity index (χ3n) is 2.38. The van der Waals surface area contributed by atoms with Gasteiger partial charge in [-0.3, -0.25) is 0 Å². The molecule has 2 N–H and O–H groups in total. The zero-order chi connectivity index (χ0) is 11.5. The van der Waals surface area contributed by atoms with Gasteiger partial charge in [-0.1, -0.05) is 6.07 Å². The van der Waals surface area contributed by atoms with Crippen LogP contribution < -0.4 is 10.5 Å². The maximum atomic E-state index is 5.81. The molecule has 0 aliphatic heterocycles. The van der Waals surface area contributed by atoms with Gasteiger partial charge in [0.1, 0.15) is 12.4 Å². The third-order valence-corrected chi connectivity index (χ3v) is 4.28. The Morgan fingerprint density at radius 1 is 1.38 bits per heavy atom. The quantitative estimate of drug-likeness (QED) is 0.870. The number of ether oxygens (including phenoxy) is 1. The molecule has 0 aliphatic rings. The monoisotopic (exact) mass is 297 g/mol. The second-order valence-electron chi connectivity index (χ2n) is 3.45. The summed E-state index contributed by atoms with van der Waals surface area (Å²) in [5, 5.41) is 2.04. The first kappa shape index (κ1) is 11.5. The van der Waals surface area contributed by atoms with Crippen LogP contribution in [0.25, 0.3) is 0 Å². The van der Waals surface area contributed by atoms with Crippen LogP contribution in [-0.2, 0) is 6.61 Å². The summed E-state index contributed by atoms with van der Waals surface area (Å²) in [7, 11) is 0. The van der Waals surface area contributed by atoms with E-state index in [2.05, 4.69) is 15.9 Å². The molecule has 0 atom stereocenters. The number of hydrogen-bond donors (Lipinski definition) is 1. The Morgan fingerprint density at radius 2 is 2.19 bits per heavy atom. The standard InChI is InChI=1S/C12H12BrNOS/c1-8-10(14)3-2-4-11(8)15-7-12-9(13)5-6-16-12/h2-6H,7,14H2,1H3. The molecule has 0 fully saturated rings. The molecule has 0 spiro atoms. The van der Waals surface area contributed by atoms with Gasteiger partial charge in [-0.05, 0) is 46.4 Å². The molecule has 1 heterocycles. The summed E-state index contributed by atoms with van der Waals surface area (Å²) in [6.07, 6.45) is 0. The summed E-state index contributed by atoms with van der Waals surface area (Å²) in [4.78, 5) is 1.18. The van der Waals surface area contributed by atoms with Crippen LogP contribution in [0.4, 0.5) is 5.69 Å². The van der Waals surface area contributed by atoms with Crippen molar-refractivity contribution in [2.24, 2.45) is 0 Å². The number of halogens is 1. The molecule has 2 rings (SSSR count). The first-order chi connectivity index (χ1) is 7.68. The van der Waals surface area contributed by atoms with Crippen LogP contribution >= 0.6 is 27.3 Å². The van der Waals surface area contributed by atoms with Crippen molar-refractivity contribution in [3.8, 4) is 5.75 Å². The fourth-order valence-corrected chi connectivity index (χ4v) is 2.74. The van der Waals surface area contributed by atoms with E-state index in [0.717, 1.165) is 21.5 Å². The summed E-state index contributed by atoms with van der Waals surface area (Å²) in [6, 6.07) is 7.74. The van der Waals surface area contributed by atoms with E-state index in [1.807, 2.05) is 36.6 Å². The van der Waals surface area contributed by atoms with E-state index in [-0.39, 0.29) is 0 Å². The Kier molecular flexibility index (Phi) is 3.51. The van der Waals surface area contributed by atoms with Gasteiger partial charge in [-0.15, -0.1) is 11.3 Å². The van der Waals surface area contributed by atoms with Gasteiger partial charge < -0.3 is 10.5 Å². The van der Waals surface area contributed by atoms with Crippen molar-refractivity contribution < 1.29 is 4.74 Å². The lowest BCUT2D eigenvalue weighted by Gasteiger charge is -2.09. The van der Waals surface area contributed by atoms with Gasteiger partial charge in [0, 0.05) is 15.7 Å². The molecular formula is C12H12BrNOS. The fraction of sp³-hybridized carbons (Fsp3) is 0.167. The summed E-state index contributed by atoms with van der Waals surface area (Å²) in [5.41, 5.74) is 7.57. The zero-order valence-electron chi connectivity index (χ0n) is 8.87. The van der Waals surface area contributed by atoms with Crippen molar-refractivity contribution >= 4 is 33.0 Å². The Hall–Kier alpha value is -1.00. The lowest BCUT2D eigenvalue weighted by Crippen LogP contribution is -1.98. The fourth-order valence-electron chi connectivity index (χ4n) is 1.36. The molecule has 0 aliphatic carbocycles. The maximum absolute atomic E-state index is 5.81. The number of benzene rings is 1. The Balaban J connectivity index is 2.11. The number of anilines is 1. The summed E-state index contributed by atoms with van der Waals surface area (Å²) >= 11 is 5.15. The van der Waals surface area contributed by atoms with Gasteiger partial charge in [-0.25, -0.2) is 0 Å². The number of rotatable bonds is 3. The smallest absolute Gasteiger partial charge is 0.124 e. The first-order valence-corrected chi connectivity index (χ1v) is 6.55. The number of hydrogen-bond acceptors (Lipinski definition) is 3. The topological polar surface area (TPSA) is 35.2 Å². The van der Waals surface area contributed by atoms with Gasteiger partial charge in [-0.2, -0.15) is 0 Å². The van der Waals surface area contributed by atoms with E-state index in [1.54, 1.807) is 11.3 Å². The van der Waals surface area contributed by atoms with E-state index in [9.17, 15) is 0 Å². The Labute approximate surface area is 107 Å². The van der Waals surface area contributed by atoms with Gasteiger partial charge >= 0.3 is 0 Å². The van der Waals surface area contributed by atoms with Crippen molar-refractivity contribution in [2.45, 2.75) is 13.5 Å². The van der Waals surface area contributed by atoms with Gasteiger partial charge in [0.2, 0.25) is 0 Å². The van der Waals surface area contributed by atoms with Crippen molar-refractivity contribution in [3.05, 3.63) is 44.6 Å². The molecule has 84 valence electrons. The molecule has 16 heavy (non-hydrogen) atoms. The molecule has 0 unspecified atom stereocenters. The van der Waals surface area contributed by atoms with E-state index in [4.69, 9.17) is 10.5 Å². The van der Waals surface area contributed by atoms with E-state index in [1.165, 1.54) is 4.88 Å². The van der Waals surface area contributed by atoms with Crippen molar-refractivity contribution in [1.29, 1.82) is 0 Å². The van der Waals surface area contributed by atoms with Crippen LogP contribution in [0.5, 0.6) is 5.75 Å².